The molecule has 3 fully saturated rings. The van der Waals surface area contributed by atoms with Gasteiger partial charge in [0.25, 0.3) is 0 Å². The molecular weight excluding hydrogens is 324 g/mol. The highest BCUT2D eigenvalue weighted by Gasteiger charge is 2.67. The van der Waals surface area contributed by atoms with E-state index in [1.54, 1.807) is 0 Å². The summed E-state index contributed by atoms with van der Waals surface area (Å²) in [4.78, 5) is 0. The van der Waals surface area contributed by atoms with Crippen molar-refractivity contribution in [3.8, 4) is 0 Å². The van der Waals surface area contributed by atoms with Crippen LogP contribution in [0.4, 0.5) is 0 Å². The van der Waals surface area contributed by atoms with Gasteiger partial charge >= 0.3 is 0 Å². The summed E-state index contributed by atoms with van der Waals surface area (Å²) in [5, 5.41) is 15.4. The first-order valence-corrected chi connectivity index (χ1v) is 9.87. The molecule has 3 aliphatic rings. The Hall–Kier alpha value is -1.65. The van der Waals surface area contributed by atoms with Gasteiger partial charge in [0, 0.05) is 24.4 Å². The number of benzene rings is 1. The van der Waals surface area contributed by atoms with Gasteiger partial charge in [0.05, 0.1) is 18.8 Å². The maximum atomic E-state index is 11.1. The number of aliphatic hydroxyl groups is 1. The van der Waals surface area contributed by atoms with E-state index in [0.717, 1.165) is 19.6 Å². The van der Waals surface area contributed by atoms with E-state index in [9.17, 15) is 5.11 Å². The number of hydrogen-bond acceptors (Lipinski definition) is 3. The number of hydrogen-bond donors (Lipinski definition) is 1. The minimum absolute atomic E-state index is 0.0476. The monoisotopic (exact) mass is 352 g/mol. The standard InChI is InChI=1S/C22H28N2O2/c1-21(2)17-12-18-19(26-11-8-22(18,13-17)20(21)25)16-6-4-15(5-7-16)14-24-10-3-9-23-24/h3-7,9-10,17-20,25H,8,11-14H2,1-2H3/t17-,18-,19-,20-,22?/m1/s1. The smallest absolute Gasteiger partial charge is 0.0859 e. The molecular formula is C22H28N2O2. The lowest BCUT2D eigenvalue weighted by atomic mass is 9.60. The first-order chi connectivity index (χ1) is 12.5. The first-order valence-electron chi connectivity index (χ1n) is 9.87. The van der Waals surface area contributed by atoms with Gasteiger partial charge in [0.1, 0.15) is 0 Å². The summed E-state index contributed by atoms with van der Waals surface area (Å²) >= 11 is 0. The van der Waals surface area contributed by atoms with E-state index in [1.165, 1.54) is 24.0 Å². The molecule has 1 aromatic heterocycles. The van der Waals surface area contributed by atoms with Gasteiger partial charge in [-0.05, 0) is 53.7 Å². The van der Waals surface area contributed by atoms with Crippen LogP contribution in [0.2, 0.25) is 0 Å². The minimum atomic E-state index is -0.204. The summed E-state index contributed by atoms with van der Waals surface area (Å²) in [7, 11) is 0. The van der Waals surface area contributed by atoms with Crippen LogP contribution in [0.15, 0.2) is 42.7 Å². The Morgan fingerprint density at radius 1 is 1.27 bits per heavy atom. The molecule has 5 rings (SSSR count). The Kier molecular flexibility index (Phi) is 3.60. The van der Waals surface area contributed by atoms with E-state index in [1.807, 2.05) is 23.1 Å². The molecule has 0 amide bonds. The number of aromatic nitrogens is 2. The van der Waals surface area contributed by atoms with Gasteiger partial charge in [0.15, 0.2) is 0 Å². The van der Waals surface area contributed by atoms with Crippen molar-refractivity contribution in [2.45, 2.75) is 51.9 Å². The molecule has 2 aromatic rings. The van der Waals surface area contributed by atoms with E-state index in [2.05, 4.69) is 43.2 Å². The van der Waals surface area contributed by atoms with Crippen molar-refractivity contribution in [2.75, 3.05) is 6.61 Å². The molecule has 1 spiro atoms. The van der Waals surface area contributed by atoms with E-state index in [0.29, 0.717) is 11.8 Å². The third kappa shape index (κ3) is 2.25. The summed E-state index contributed by atoms with van der Waals surface area (Å²) in [6.45, 7) is 6.06. The van der Waals surface area contributed by atoms with Crippen LogP contribution in [0.1, 0.15) is 50.3 Å². The largest absolute Gasteiger partial charge is 0.392 e. The number of aliphatic hydroxyl groups excluding tert-OH is 1. The molecule has 0 radical (unpaired) electrons. The average molecular weight is 352 g/mol. The molecule has 2 heterocycles. The fourth-order valence-electron chi connectivity index (χ4n) is 6.14. The highest BCUT2D eigenvalue weighted by Crippen LogP contribution is 2.70. The molecule has 1 unspecified atom stereocenters. The third-order valence-electron chi connectivity index (χ3n) is 7.65. The summed E-state index contributed by atoms with van der Waals surface area (Å²) in [5.41, 5.74) is 2.62. The maximum absolute atomic E-state index is 11.1. The van der Waals surface area contributed by atoms with E-state index < -0.39 is 0 Å². The van der Waals surface area contributed by atoms with Crippen LogP contribution >= 0.6 is 0 Å². The molecule has 4 heteroatoms. The molecule has 2 bridgehead atoms. The molecule has 5 atom stereocenters. The zero-order chi connectivity index (χ0) is 17.9. The maximum Gasteiger partial charge on any atom is 0.0859 e. The zero-order valence-corrected chi connectivity index (χ0v) is 15.6. The average Bonchev–Trinajstić information content (AvgIpc) is 3.32. The zero-order valence-electron chi connectivity index (χ0n) is 15.6. The summed E-state index contributed by atoms with van der Waals surface area (Å²) in [6, 6.07) is 10.8. The van der Waals surface area contributed by atoms with Gasteiger partial charge in [-0.2, -0.15) is 5.10 Å². The van der Waals surface area contributed by atoms with Crippen molar-refractivity contribution < 1.29 is 9.84 Å². The second kappa shape index (κ2) is 5.67. The fourth-order valence-corrected chi connectivity index (χ4v) is 6.14. The third-order valence-corrected chi connectivity index (χ3v) is 7.65. The Morgan fingerprint density at radius 2 is 2.08 bits per heavy atom. The van der Waals surface area contributed by atoms with Crippen LogP contribution < -0.4 is 0 Å². The predicted octanol–water partition coefficient (Wildman–Crippen LogP) is 3.81. The molecule has 138 valence electrons. The second-order valence-corrected chi connectivity index (χ2v) is 9.19. The van der Waals surface area contributed by atoms with Gasteiger partial charge in [-0.1, -0.05) is 38.1 Å². The predicted molar refractivity (Wildman–Crippen MR) is 99.5 cm³/mol. The lowest BCUT2D eigenvalue weighted by Gasteiger charge is -2.51. The van der Waals surface area contributed by atoms with Crippen LogP contribution in [-0.4, -0.2) is 27.6 Å². The lowest BCUT2D eigenvalue weighted by Crippen LogP contribution is -2.51. The molecule has 2 aliphatic carbocycles. The molecule has 2 saturated carbocycles. The summed E-state index contributed by atoms with van der Waals surface area (Å²) < 4.78 is 8.20. The minimum Gasteiger partial charge on any atom is -0.392 e. The molecule has 26 heavy (non-hydrogen) atoms. The highest BCUT2D eigenvalue weighted by atomic mass is 16.5. The van der Waals surface area contributed by atoms with Crippen molar-refractivity contribution in [1.82, 2.24) is 9.78 Å². The Labute approximate surface area is 155 Å². The topological polar surface area (TPSA) is 47.3 Å². The number of rotatable bonds is 3. The Balaban J connectivity index is 1.39. The quantitative estimate of drug-likeness (QED) is 0.914. The van der Waals surface area contributed by atoms with E-state index in [4.69, 9.17) is 4.74 Å². The van der Waals surface area contributed by atoms with Crippen molar-refractivity contribution >= 4 is 0 Å². The van der Waals surface area contributed by atoms with Crippen LogP contribution in [-0.2, 0) is 11.3 Å². The first kappa shape index (κ1) is 16.5. The van der Waals surface area contributed by atoms with Gasteiger partial charge in [-0.15, -0.1) is 0 Å². The summed E-state index contributed by atoms with van der Waals surface area (Å²) in [5.74, 6) is 1.06. The molecule has 1 N–H and O–H groups in total. The van der Waals surface area contributed by atoms with Gasteiger partial charge < -0.3 is 9.84 Å². The lowest BCUT2D eigenvalue weighted by molar-refractivity contribution is -0.164. The Bertz CT molecular complexity index is 783. The van der Waals surface area contributed by atoms with Crippen LogP contribution in [0.3, 0.4) is 0 Å². The SMILES string of the molecule is CC1(C)[C@@H]2C[C@@H]3[C@@H](c4ccc(Cn5cccn5)cc4)OCCC3(C2)[C@@H]1O. The molecule has 1 aromatic carbocycles. The fraction of sp³-hybridized carbons (Fsp3) is 0.591. The Morgan fingerprint density at radius 3 is 2.77 bits per heavy atom. The van der Waals surface area contributed by atoms with Crippen LogP contribution in [0, 0.1) is 22.7 Å². The molecule has 1 saturated heterocycles. The summed E-state index contributed by atoms with van der Waals surface area (Å²) in [6.07, 6.45) is 7.08. The van der Waals surface area contributed by atoms with Gasteiger partial charge in [-0.3, -0.25) is 4.68 Å². The highest BCUT2D eigenvalue weighted by molar-refractivity contribution is 5.28. The number of ether oxygens (including phenoxy) is 1. The van der Waals surface area contributed by atoms with Crippen molar-refractivity contribution in [1.29, 1.82) is 0 Å². The van der Waals surface area contributed by atoms with E-state index >= 15 is 0 Å². The number of nitrogens with zero attached hydrogens (tertiary/aromatic N) is 2. The number of fused-ring (bicyclic) bond motifs is 1. The van der Waals surface area contributed by atoms with Gasteiger partial charge in [0.2, 0.25) is 0 Å². The molecule has 4 nitrogen and oxygen atoms in total. The van der Waals surface area contributed by atoms with Crippen molar-refractivity contribution in [3.05, 3.63) is 53.9 Å². The molecule has 1 aliphatic heterocycles. The normalized spacial score (nSPS) is 37.7. The van der Waals surface area contributed by atoms with Crippen molar-refractivity contribution in [2.24, 2.45) is 22.7 Å². The second-order valence-electron chi connectivity index (χ2n) is 9.19. The van der Waals surface area contributed by atoms with E-state index in [-0.39, 0.29) is 23.0 Å². The van der Waals surface area contributed by atoms with Crippen molar-refractivity contribution in [3.63, 3.8) is 0 Å². The van der Waals surface area contributed by atoms with Crippen LogP contribution in [0.5, 0.6) is 0 Å². The van der Waals surface area contributed by atoms with Crippen LogP contribution in [0.25, 0.3) is 0 Å². The van der Waals surface area contributed by atoms with Gasteiger partial charge in [-0.25, -0.2) is 0 Å².